The maximum absolute atomic E-state index is 11.9. The number of hydrogen-bond donors (Lipinski definition) is 3. The molecule has 0 radical (unpaired) electrons. The smallest absolute Gasteiger partial charge is 0.326 e. The highest BCUT2D eigenvalue weighted by molar-refractivity contribution is 5.87. The zero-order valence-electron chi connectivity index (χ0n) is 11.5. The van der Waals surface area contributed by atoms with Crippen molar-refractivity contribution in [3.63, 3.8) is 0 Å². The summed E-state index contributed by atoms with van der Waals surface area (Å²) in [5.74, 6) is -1.81. The fourth-order valence-electron chi connectivity index (χ4n) is 2.08. The summed E-state index contributed by atoms with van der Waals surface area (Å²) in [6.07, 6.45) is 1.50. The minimum Gasteiger partial charge on any atom is -0.480 e. The predicted octanol–water partition coefficient (Wildman–Crippen LogP) is -0.617. The average molecular weight is 287 g/mol. The molecular formula is C12H21N3O5. The van der Waals surface area contributed by atoms with Crippen LogP contribution in [0.2, 0.25) is 0 Å². The summed E-state index contributed by atoms with van der Waals surface area (Å²) in [4.78, 5) is 35.0. The molecule has 1 aliphatic heterocycles. The second-order valence-corrected chi connectivity index (χ2v) is 4.97. The Morgan fingerprint density at radius 2 is 2.20 bits per heavy atom. The van der Waals surface area contributed by atoms with Gasteiger partial charge < -0.3 is 25.8 Å². The molecular weight excluding hydrogens is 266 g/mol. The van der Waals surface area contributed by atoms with E-state index in [0.29, 0.717) is 13.2 Å². The Kier molecular flexibility index (Phi) is 6.23. The Morgan fingerprint density at radius 1 is 1.50 bits per heavy atom. The molecule has 1 rings (SSSR count). The minimum absolute atomic E-state index is 0.249. The summed E-state index contributed by atoms with van der Waals surface area (Å²) in [7, 11) is 1.58. The van der Waals surface area contributed by atoms with Crippen molar-refractivity contribution in [2.45, 2.75) is 25.3 Å². The lowest BCUT2D eigenvalue weighted by molar-refractivity contribution is -0.140. The summed E-state index contributed by atoms with van der Waals surface area (Å²) >= 11 is 0. The van der Waals surface area contributed by atoms with Crippen molar-refractivity contribution in [3.8, 4) is 0 Å². The third-order valence-electron chi connectivity index (χ3n) is 3.13. The lowest BCUT2D eigenvalue weighted by atomic mass is 10.0. The molecule has 0 aliphatic carbocycles. The third-order valence-corrected chi connectivity index (χ3v) is 3.13. The summed E-state index contributed by atoms with van der Waals surface area (Å²) in [6.45, 7) is 1.82. The number of carboxylic acid groups (broad SMARTS) is 1. The normalized spacial score (nSPS) is 19.9. The number of nitrogens with two attached hydrogens (primary N) is 1. The molecule has 1 heterocycles. The number of urea groups is 1. The van der Waals surface area contributed by atoms with E-state index in [1.54, 1.807) is 7.05 Å². The highest BCUT2D eigenvalue weighted by Crippen LogP contribution is 2.14. The molecule has 1 saturated heterocycles. The number of carbonyl (C=O) groups excluding carboxylic acids is 2. The average Bonchev–Trinajstić information content (AvgIpc) is 2.38. The van der Waals surface area contributed by atoms with E-state index in [1.165, 1.54) is 4.90 Å². The molecule has 2 unspecified atom stereocenters. The number of aliphatic carboxylic acids is 1. The Hall–Kier alpha value is -1.83. The molecule has 3 amide bonds. The molecule has 114 valence electrons. The number of carbonyl (C=O) groups is 3. The van der Waals surface area contributed by atoms with E-state index < -0.39 is 30.4 Å². The molecule has 2 atom stereocenters. The fraction of sp³-hybridized carbons (Fsp3) is 0.750. The van der Waals surface area contributed by atoms with Crippen LogP contribution < -0.4 is 11.1 Å². The van der Waals surface area contributed by atoms with Crippen LogP contribution in [0.3, 0.4) is 0 Å². The Morgan fingerprint density at radius 3 is 2.70 bits per heavy atom. The van der Waals surface area contributed by atoms with Crippen LogP contribution in [-0.4, -0.2) is 60.8 Å². The second kappa shape index (κ2) is 7.68. The summed E-state index contributed by atoms with van der Waals surface area (Å²) in [6, 6.07) is -1.84. The first kappa shape index (κ1) is 16.2. The lowest BCUT2D eigenvalue weighted by Gasteiger charge is -2.28. The van der Waals surface area contributed by atoms with Gasteiger partial charge >= 0.3 is 12.0 Å². The molecule has 0 saturated carbocycles. The summed E-state index contributed by atoms with van der Waals surface area (Å²) in [5.41, 5.74) is 4.95. The van der Waals surface area contributed by atoms with Crippen LogP contribution >= 0.6 is 0 Å². The molecule has 0 spiro atoms. The maximum atomic E-state index is 11.9. The molecule has 0 aromatic rings. The van der Waals surface area contributed by atoms with Crippen LogP contribution in [0.5, 0.6) is 0 Å². The van der Waals surface area contributed by atoms with Gasteiger partial charge in [-0.25, -0.2) is 9.59 Å². The standard InChI is InChI=1S/C12H21N3O5/c1-15(6-8-3-2-4-20-7-8)12(19)14-9(11(17)18)5-10(13)16/h8-9H,2-7H2,1H3,(H2,13,16)(H,14,19)(H,17,18). The summed E-state index contributed by atoms with van der Waals surface area (Å²) in [5, 5.41) is 11.2. The van der Waals surface area contributed by atoms with Crippen molar-refractivity contribution in [2.24, 2.45) is 11.7 Å². The quantitative estimate of drug-likeness (QED) is 0.601. The van der Waals surface area contributed by atoms with Crippen LogP contribution in [0.1, 0.15) is 19.3 Å². The number of hydrogen-bond acceptors (Lipinski definition) is 4. The molecule has 0 aromatic carbocycles. The number of nitrogens with zero attached hydrogens (tertiary/aromatic N) is 1. The highest BCUT2D eigenvalue weighted by Gasteiger charge is 2.25. The fourth-order valence-corrected chi connectivity index (χ4v) is 2.08. The molecule has 20 heavy (non-hydrogen) atoms. The maximum Gasteiger partial charge on any atom is 0.326 e. The van der Waals surface area contributed by atoms with Gasteiger partial charge in [0.25, 0.3) is 0 Å². The first-order chi connectivity index (χ1) is 9.40. The molecule has 8 heteroatoms. The highest BCUT2D eigenvalue weighted by atomic mass is 16.5. The van der Waals surface area contributed by atoms with Gasteiger partial charge in [-0.15, -0.1) is 0 Å². The molecule has 0 aromatic heterocycles. The molecule has 1 fully saturated rings. The van der Waals surface area contributed by atoms with Crippen LogP contribution in [-0.2, 0) is 14.3 Å². The SMILES string of the molecule is CN(CC1CCCOC1)C(=O)NC(CC(N)=O)C(=O)O. The van der Waals surface area contributed by atoms with Crippen LogP contribution in [0, 0.1) is 5.92 Å². The summed E-state index contributed by atoms with van der Waals surface area (Å²) < 4.78 is 5.32. The monoisotopic (exact) mass is 287 g/mol. The van der Waals surface area contributed by atoms with Crippen molar-refractivity contribution >= 4 is 17.9 Å². The van der Waals surface area contributed by atoms with E-state index in [9.17, 15) is 14.4 Å². The van der Waals surface area contributed by atoms with E-state index in [0.717, 1.165) is 19.4 Å². The number of rotatable bonds is 6. The number of ether oxygens (including phenoxy) is 1. The zero-order chi connectivity index (χ0) is 15.1. The van der Waals surface area contributed by atoms with Crippen molar-refractivity contribution in [1.82, 2.24) is 10.2 Å². The molecule has 8 nitrogen and oxygen atoms in total. The Balaban J connectivity index is 2.45. The number of amides is 3. The van der Waals surface area contributed by atoms with E-state index >= 15 is 0 Å². The van der Waals surface area contributed by atoms with Gasteiger partial charge in [0.15, 0.2) is 0 Å². The molecule has 4 N–H and O–H groups in total. The van der Waals surface area contributed by atoms with Gasteiger partial charge in [-0.3, -0.25) is 4.79 Å². The second-order valence-electron chi connectivity index (χ2n) is 4.97. The van der Waals surface area contributed by atoms with Crippen LogP contribution in [0.4, 0.5) is 4.79 Å². The van der Waals surface area contributed by atoms with Crippen molar-refractivity contribution in [2.75, 3.05) is 26.8 Å². The van der Waals surface area contributed by atoms with Gasteiger partial charge in [-0.1, -0.05) is 0 Å². The van der Waals surface area contributed by atoms with Gasteiger partial charge in [-0.2, -0.15) is 0 Å². The van der Waals surface area contributed by atoms with Gasteiger partial charge in [0.1, 0.15) is 6.04 Å². The van der Waals surface area contributed by atoms with E-state index in [1.807, 2.05) is 0 Å². The third kappa shape index (κ3) is 5.43. The van der Waals surface area contributed by atoms with Gasteiger partial charge in [0, 0.05) is 26.1 Å². The molecule has 0 bridgehead atoms. The number of carboxylic acids is 1. The van der Waals surface area contributed by atoms with Gasteiger partial charge in [-0.05, 0) is 12.8 Å². The Bertz CT molecular complexity index is 368. The van der Waals surface area contributed by atoms with Gasteiger partial charge in [0.05, 0.1) is 13.0 Å². The largest absolute Gasteiger partial charge is 0.480 e. The first-order valence-electron chi connectivity index (χ1n) is 6.50. The van der Waals surface area contributed by atoms with E-state index in [4.69, 9.17) is 15.6 Å². The first-order valence-corrected chi connectivity index (χ1v) is 6.50. The van der Waals surface area contributed by atoms with E-state index in [-0.39, 0.29) is 5.92 Å². The predicted molar refractivity (Wildman–Crippen MR) is 69.9 cm³/mol. The Labute approximate surface area is 117 Å². The van der Waals surface area contributed by atoms with Crippen molar-refractivity contribution < 1.29 is 24.2 Å². The van der Waals surface area contributed by atoms with Crippen LogP contribution in [0.25, 0.3) is 0 Å². The topological polar surface area (TPSA) is 122 Å². The minimum atomic E-state index is -1.30. The lowest BCUT2D eigenvalue weighted by Crippen LogP contribution is -2.49. The van der Waals surface area contributed by atoms with Crippen LogP contribution in [0.15, 0.2) is 0 Å². The van der Waals surface area contributed by atoms with Crippen molar-refractivity contribution in [3.05, 3.63) is 0 Å². The number of nitrogens with one attached hydrogen (secondary N) is 1. The van der Waals surface area contributed by atoms with Crippen molar-refractivity contribution in [1.29, 1.82) is 0 Å². The zero-order valence-corrected chi connectivity index (χ0v) is 11.5. The van der Waals surface area contributed by atoms with Gasteiger partial charge in [0.2, 0.25) is 5.91 Å². The number of primary amides is 1. The molecule has 1 aliphatic rings. The van der Waals surface area contributed by atoms with E-state index in [2.05, 4.69) is 5.32 Å².